The van der Waals surface area contributed by atoms with Gasteiger partial charge in [-0.1, -0.05) is 44.0 Å². The summed E-state index contributed by atoms with van der Waals surface area (Å²) in [7, 11) is 0. The van der Waals surface area contributed by atoms with Gasteiger partial charge in [0.1, 0.15) is 0 Å². The molecule has 1 aliphatic carbocycles. The summed E-state index contributed by atoms with van der Waals surface area (Å²) in [4.78, 5) is 12.0. The zero-order valence-electron chi connectivity index (χ0n) is 12.2. The van der Waals surface area contributed by atoms with Gasteiger partial charge in [-0.2, -0.15) is 0 Å². The summed E-state index contributed by atoms with van der Waals surface area (Å²) >= 11 is 0. The summed E-state index contributed by atoms with van der Waals surface area (Å²) in [5.74, 6) is 0.0233. The number of amides is 1. The van der Waals surface area contributed by atoms with Crippen LogP contribution in [-0.4, -0.2) is 18.0 Å². The summed E-state index contributed by atoms with van der Waals surface area (Å²) in [6, 6.07) is 8.58. The average Bonchev–Trinajstić information content (AvgIpc) is 2.88. The SMILES string of the molecule is CCc1ccc(CCNC(=O)C2(N)CCCC2)cc1.Cl. The Morgan fingerprint density at radius 1 is 1.20 bits per heavy atom. The van der Waals surface area contributed by atoms with Gasteiger partial charge in [-0.3, -0.25) is 4.79 Å². The first-order valence-electron chi connectivity index (χ1n) is 7.29. The van der Waals surface area contributed by atoms with E-state index < -0.39 is 5.54 Å². The van der Waals surface area contributed by atoms with Crippen LogP contribution in [0.5, 0.6) is 0 Å². The predicted molar refractivity (Wildman–Crippen MR) is 85.2 cm³/mol. The van der Waals surface area contributed by atoms with Gasteiger partial charge >= 0.3 is 0 Å². The van der Waals surface area contributed by atoms with Gasteiger partial charge in [0.25, 0.3) is 0 Å². The molecule has 0 atom stereocenters. The van der Waals surface area contributed by atoms with Gasteiger partial charge in [-0.05, 0) is 36.8 Å². The molecular formula is C16H25ClN2O. The van der Waals surface area contributed by atoms with E-state index in [9.17, 15) is 4.79 Å². The average molecular weight is 297 g/mol. The molecule has 1 aromatic carbocycles. The highest BCUT2D eigenvalue weighted by Crippen LogP contribution is 2.27. The minimum Gasteiger partial charge on any atom is -0.354 e. The first-order chi connectivity index (χ1) is 9.14. The van der Waals surface area contributed by atoms with E-state index in [-0.39, 0.29) is 18.3 Å². The number of benzene rings is 1. The summed E-state index contributed by atoms with van der Waals surface area (Å²) < 4.78 is 0. The van der Waals surface area contributed by atoms with Gasteiger partial charge in [-0.15, -0.1) is 12.4 Å². The lowest BCUT2D eigenvalue weighted by atomic mass is 9.98. The van der Waals surface area contributed by atoms with Crippen molar-refractivity contribution in [1.82, 2.24) is 5.32 Å². The topological polar surface area (TPSA) is 55.1 Å². The van der Waals surface area contributed by atoms with Crippen LogP contribution in [0.3, 0.4) is 0 Å². The minimum atomic E-state index is -0.605. The van der Waals surface area contributed by atoms with Crippen LogP contribution in [0.2, 0.25) is 0 Å². The molecule has 4 heteroatoms. The Kier molecular flexibility index (Phi) is 6.50. The molecule has 1 amide bonds. The maximum Gasteiger partial charge on any atom is 0.240 e. The first kappa shape index (κ1) is 17.0. The minimum absolute atomic E-state index is 0. The van der Waals surface area contributed by atoms with E-state index >= 15 is 0 Å². The van der Waals surface area contributed by atoms with E-state index in [1.54, 1.807) is 0 Å². The van der Waals surface area contributed by atoms with Crippen molar-refractivity contribution < 1.29 is 4.79 Å². The maximum absolute atomic E-state index is 12.0. The Labute approximate surface area is 127 Å². The predicted octanol–water partition coefficient (Wildman–Crippen LogP) is 2.60. The van der Waals surface area contributed by atoms with Crippen LogP contribution in [0.1, 0.15) is 43.7 Å². The molecule has 0 aromatic heterocycles. The lowest BCUT2D eigenvalue weighted by Crippen LogP contribution is -2.52. The van der Waals surface area contributed by atoms with Crippen LogP contribution in [0.15, 0.2) is 24.3 Å². The zero-order chi connectivity index (χ0) is 13.7. The molecule has 2 rings (SSSR count). The second-order valence-corrected chi connectivity index (χ2v) is 5.54. The van der Waals surface area contributed by atoms with Crippen LogP contribution in [-0.2, 0) is 17.6 Å². The molecule has 1 aliphatic rings. The first-order valence-corrected chi connectivity index (χ1v) is 7.29. The highest BCUT2D eigenvalue weighted by Gasteiger charge is 2.36. The third-order valence-electron chi connectivity index (χ3n) is 4.08. The number of aryl methyl sites for hydroxylation is 1. The van der Waals surface area contributed by atoms with Crippen LogP contribution >= 0.6 is 12.4 Å². The van der Waals surface area contributed by atoms with Crippen molar-refractivity contribution >= 4 is 18.3 Å². The number of carbonyl (C=O) groups excluding carboxylic acids is 1. The quantitative estimate of drug-likeness (QED) is 0.877. The molecule has 1 fully saturated rings. The van der Waals surface area contributed by atoms with Crippen molar-refractivity contribution in [3.8, 4) is 0 Å². The molecule has 0 spiro atoms. The number of carbonyl (C=O) groups is 1. The number of halogens is 1. The van der Waals surface area contributed by atoms with Gasteiger partial charge in [0, 0.05) is 6.54 Å². The normalized spacial score (nSPS) is 16.5. The molecule has 112 valence electrons. The molecular weight excluding hydrogens is 272 g/mol. The molecule has 20 heavy (non-hydrogen) atoms. The van der Waals surface area contributed by atoms with Crippen LogP contribution in [0.25, 0.3) is 0 Å². The fourth-order valence-corrected chi connectivity index (χ4v) is 2.67. The smallest absolute Gasteiger partial charge is 0.240 e. The lowest BCUT2D eigenvalue weighted by Gasteiger charge is -2.22. The summed E-state index contributed by atoms with van der Waals surface area (Å²) in [6.07, 6.45) is 5.72. The fraction of sp³-hybridized carbons (Fsp3) is 0.562. The second-order valence-electron chi connectivity index (χ2n) is 5.54. The molecule has 0 aliphatic heterocycles. The Bertz CT molecular complexity index is 425. The highest BCUT2D eigenvalue weighted by atomic mass is 35.5. The van der Waals surface area contributed by atoms with E-state index in [1.165, 1.54) is 11.1 Å². The molecule has 0 radical (unpaired) electrons. The number of nitrogens with one attached hydrogen (secondary N) is 1. The van der Waals surface area contributed by atoms with Crippen LogP contribution in [0, 0.1) is 0 Å². The number of rotatable bonds is 5. The molecule has 3 N–H and O–H groups in total. The third kappa shape index (κ3) is 4.22. The number of hydrogen-bond donors (Lipinski definition) is 2. The van der Waals surface area contributed by atoms with Crippen molar-refractivity contribution in [2.24, 2.45) is 5.73 Å². The summed E-state index contributed by atoms with van der Waals surface area (Å²) in [6.45, 7) is 2.82. The second kappa shape index (κ2) is 7.65. The molecule has 0 saturated heterocycles. The fourth-order valence-electron chi connectivity index (χ4n) is 2.67. The number of nitrogens with two attached hydrogens (primary N) is 1. The van der Waals surface area contributed by atoms with E-state index in [0.717, 1.165) is 38.5 Å². The van der Waals surface area contributed by atoms with Crippen molar-refractivity contribution in [3.05, 3.63) is 35.4 Å². The Morgan fingerprint density at radius 3 is 2.30 bits per heavy atom. The summed E-state index contributed by atoms with van der Waals surface area (Å²) in [5, 5.41) is 2.98. The molecule has 3 nitrogen and oxygen atoms in total. The van der Waals surface area contributed by atoms with Gasteiger partial charge in [0.2, 0.25) is 5.91 Å². The molecule has 1 saturated carbocycles. The van der Waals surface area contributed by atoms with Gasteiger partial charge in [0.15, 0.2) is 0 Å². The van der Waals surface area contributed by atoms with Crippen molar-refractivity contribution in [1.29, 1.82) is 0 Å². The Hall–Kier alpha value is -1.06. The largest absolute Gasteiger partial charge is 0.354 e. The molecule has 1 aromatic rings. The lowest BCUT2D eigenvalue weighted by molar-refractivity contribution is -0.126. The standard InChI is InChI=1S/C16H24N2O.ClH/c1-2-13-5-7-14(8-6-13)9-12-18-15(19)16(17)10-3-4-11-16;/h5-8H,2-4,9-12,17H2,1H3,(H,18,19);1H. The molecule has 0 heterocycles. The highest BCUT2D eigenvalue weighted by molar-refractivity contribution is 5.86. The zero-order valence-corrected chi connectivity index (χ0v) is 13.0. The van der Waals surface area contributed by atoms with Crippen LogP contribution < -0.4 is 11.1 Å². The molecule has 0 unspecified atom stereocenters. The van der Waals surface area contributed by atoms with E-state index in [2.05, 4.69) is 36.5 Å². The number of hydrogen-bond acceptors (Lipinski definition) is 2. The van der Waals surface area contributed by atoms with Crippen LogP contribution in [0.4, 0.5) is 0 Å². The maximum atomic E-state index is 12.0. The van der Waals surface area contributed by atoms with E-state index in [1.807, 2.05) is 0 Å². The van der Waals surface area contributed by atoms with Gasteiger partial charge in [-0.25, -0.2) is 0 Å². The summed E-state index contributed by atoms with van der Waals surface area (Å²) in [5.41, 5.74) is 8.11. The van der Waals surface area contributed by atoms with Crippen molar-refractivity contribution in [2.45, 2.75) is 51.0 Å². The molecule has 0 bridgehead atoms. The van der Waals surface area contributed by atoms with Gasteiger partial charge in [0.05, 0.1) is 5.54 Å². The Morgan fingerprint density at radius 2 is 1.75 bits per heavy atom. The third-order valence-corrected chi connectivity index (χ3v) is 4.08. The van der Waals surface area contributed by atoms with E-state index in [0.29, 0.717) is 6.54 Å². The van der Waals surface area contributed by atoms with Gasteiger partial charge < -0.3 is 11.1 Å². The monoisotopic (exact) mass is 296 g/mol. The van der Waals surface area contributed by atoms with Crippen molar-refractivity contribution in [2.75, 3.05) is 6.54 Å². The van der Waals surface area contributed by atoms with Crippen molar-refractivity contribution in [3.63, 3.8) is 0 Å². The van der Waals surface area contributed by atoms with E-state index in [4.69, 9.17) is 5.73 Å². The Balaban J connectivity index is 0.00000200.